The van der Waals surface area contributed by atoms with Crippen molar-refractivity contribution in [2.24, 2.45) is 4.99 Å². The van der Waals surface area contributed by atoms with Crippen LogP contribution in [0.1, 0.15) is 23.6 Å². The minimum absolute atomic E-state index is 0.355. The fourth-order valence-corrected chi connectivity index (χ4v) is 3.15. The number of aliphatic hydroxyl groups excluding tert-OH is 1. The van der Waals surface area contributed by atoms with E-state index >= 15 is 0 Å². The molecule has 0 aromatic carbocycles. The summed E-state index contributed by atoms with van der Waals surface area (Å²) in [5, 5.41) is 16.5. The van der Waals surface area contributed by atoms with Crippen molar-refractivity contribution in [1.82, 2.24) is 15.6 Å². The van der Waals surface area contributed by atoms with Crippen molar-refractivity contribution in [3.8, 4) is 0 Å². The van der Waals surface area contributed by atoms with Crippen LogP contribution in [0.4, 0.5) is 5.82 Å². The van der Waals surface area contributed by atoms with Crippen LogP contribution in [0.15, 0.2) is 35.3 Å². The number of aliphatic imine (C=N–C) groups is 1. The number of thiophene rings is 1. The van der Waals surface area contributed by atoms with Gasteiger partial charge in [0.05, 0.1) is 16.6 Å². The molecule has 0 spiro atoms. The highest BCUT2D eigenvalue weighted by atomic mass is 35.5. The third-order valence-electron chi connectivity index (χ3n) is 3.38. The lowest BCUT2D eigenvalue weighted by Gasteiger charge is -2.15. The summed E-state index contributed by atoms with van der Waals surface area (Å²) < 4.78 is 0.668. The monoisotopic (exact) mass is 381 g/mol. The van der Waals surface area contributed by atoms with Crippen molar-refractivity contribution in [3.05, 3.63) is 45.2 Å². The zero-order valence-corrected chi connectivity index (χ0v) is 16.2. The summed E-state index contributed by atoms with van der Waals surface area (Å²) >= 11 is 7.29. The number of halogens is 1. The lowest BCUT2D eigenvalue weighted by molar-refractivity contribution is 0.184. The van der Waals surface area contributed by atoms with Crippen molar-refractivity contribution in [3.63, 3.8) is 0 Å². The van der Waals surface area contributed by atoms with E-state index in [9.17, 15) is 5.11 Å². The van der Waals surface area contributed by atoms with E-state index in [1.165, 1.54) is 11.3 Å². The fourth-order valence-electron chi connectivity index (χ4n) is 2.11. The maximum absolute atomic E-state index is 10.2. The van der Waals surface area contributed by atoms with Crippen LogP contribution >= 0.6 is 22.9 Å². The molecule has 0 aliphatic carbocycles. The molecule has 8 heteroatoms. The Hall–Kier alpha value is -1.83. The van der Waals surface area contributed by atoms with Gasteiger partial charge in [-0.15, -0.1) is 11.3 Å². The largest absolute Gasteiger partial charge is 0.386 e. The van der Waals surface area contributed by atoms with Crippen LogP contribution in [0.5, 0.6) is 0 Å². The van der Waals surface area contributed by atoms with Crippen molar-refractivity contribution >= 4 is 34.7 Å². The number of pyridine rings is 1. The van der Waals surface area contributed by atoms with Gasteiger partial charge in [0.25, 0.3) is 0 Å². The number of nitrogens with zero attached hydrogens (tertiary/aromatic N) is 3. The van der Waals surface area contributed by atoms with Gasteiger partial charge in [-0.05, 0) is 31.2 Å². The average molecular weight is 382 g/mol. The van der Waals surface area contributed by atoms with Crippen LogP contribution < -0.4 is 15.5 Å². The molecule has 2 aromatic heterocycles. The normalized spacial score (nSPS) is 12.8. The summed E-state index contributed by atoms with van der Waals surface area (Å²) in [5.74, 6) is 1.54. The second kappa shape index (κ2) is 9.60. The number of hydrogen-bond acceptors (Lipinski definition) is 5. The first kappa shape index (κ1) is 19.5. The molecule has 136 valence electrons. The molecule has 0 aliphatic heterocycles. The number of nitrogens with one attached hydrogen (secondary N) is 2. The highest BCUT2D eigenvalue weighted by Crippen LogP contribution is 2.26. The van der Waals surface area contributed by atoms with Crippen molar-refractivity contribution in [1.29, 1.82) is 0 Å². The van der Waals surface area contributed by atoms with Gasteiger partial charge in [-0.25, -0.2) is 9.98 Å². The molecule has 3 N–H and O–H groups in total. The molecule has 1 unspecified atom stereocenters. The molecular formula is C17H24ClN5OS. The molecule has 0 amide bonds. The van der Waals surface area contributed by atoms with Gasteiger partial charge >= 0.3 is 0 Å². The Bertz CT molecular complexity index is 704. The molecule has 2 heterocycles. The Morgan fingerprint density at radius 2 is 2.12 bits per heavy atom. The number of hydrogen-bond donors (Lipinski definition) is 3. The molecule has 6 nitrogen and oxygen atoms in total. The lowest BCUT2D eigenvalue weighted by atomic mass is 10.3. The molecule has 0 fully saturated rings. The van der Waals surface area contributed by atoms with Gasteiger partial charge in [0, 0.05) is 32.1 Å². The maximum atomic E-state index is 10.2. The minimum atomic E-state index is -0.628. The topological polar surface area (TPSA) is 72.8 Å². The van der Waals surface area contributed by atoms with Crippen LogP contribution in [-0.4, -0.2) is 43.2 Å². The Kier molecular flexibility index (Phi) is 7.49. The number of guanidine groups is 1. The third-order valence-corrected chi connectivity index (χ3v) is 4.71. The molecule has 0 radical (unpaired) electrons. The first-order valence-corrected chi connectivity index (χ1v) is 9.27. The van der Waals surface area contributed by atoms with Crippen LogP contribution in [0, 0.1) is 0 Å². The van der Waals surface area contributed by atoms with Crippen molar-refractivity contribution in [2.45, 2.75) is 19.6 Å². The molecule has 1 atom stereocenters. The first-order chi connectivity index (χ1) is 12.0. The van der Waals surface area contributed by atoms with Gasteiger partial charge < -0.3 is 20.6 Å². The molecule has 0 bridgehead atoms. The van der Waals surface area contributed by atoms with E-state index in [0.717, 1.165) is 22.9 Å². The summed E-state index contributed by atoms with van der Waals surface area (Å²) in [6.07, 6.45) is -0.628. The molecule has 2 rings (SSSR count). The summed E-state index contributed by atoms with van der Waals surface area (Å²) in [4.78, 5) is 11.9. The van der Waals surface area contributed by atoms with Crippen LogP contribution in [0.3, 0.4) is 0 Å². The molecule has 0 aliphatic rings. The molecule has 0 saturated carbocycles. The minimum Gasteiger partial charge on any atom is -0.386 e. The van der Waals surface area contributed by atoms with Crippen molar-refractivity contribution in [2.75, 3.05) is 32.1 Å². The zero-order chi connectivity index (χ0) is 18.2. The third kappa shape index (κ3) is 6.19. The van der Waals surface area contributed by atoms with Gasteiger partial charge in [0.1, 0.15) is 11.9 Å². The Morgan fingerprint density at radius 1 is 1.32 bits per heavy atom. The molecular weight excluding hydrogens is 358 g/mol. The number of anilines is 1. The van der Waals surface area contributed by atoms with Crippen LogP contribution in [0.25, 0.3) is 0 Å². The maximum Gasteiger partial charge on any atom is 0.191 e. The second-order valence-corrected chi connectivity index (χ2v) is 7.36. The van der Waals surface area contributed by atoms with E-state index in [1.807, 2.05) is 50.2 Å². The van der Waals surface area contributed by atoms with E-state index in [4.69, 9.17) is 11.6 Å². The Balaban J connectivity index is 1.97. The Labute approximate surface area is 157 Å². The van der Waals surface area contributed by atoms with Crippen molar-refractivity contribution < 1.29 is 5.11 Å². The smallest absolute Gasteiger partial charge is 0.191 e. The highest BCUT2D eigenvalue weighted by molar-refractivity contribution is 7.16. The first-order valence-electron chi connectivity index (χ1n) is 8.08. The summed E-state index contributed by atoms with van der Waals surface area (Å²) in [6, 6.07) is 9.49. The summed E-state index contributed by atoms with van der Waals surface area (Å²) in [5.41, 5.74) is 0.883. The lowest BCUT2D eigenvalue weighted by Crippen LogP contribution is -2.39. The highest BCUT2D eigenvalue weighted by Gasteiger charge is 2.11. The van der Waals surface area contributed by atoms with E-state index in [0.29, 0.717) is 23.4 Å². The predicted molar refractivity (Wildman–Crippen MR) is 106 cm³/mol. The van der Waals surface area contributed by atoms with Gasteiger partial charge in [-0.3, -0.25) is 0 Å². The average Bonchev–Trinajstić information content (AvgIpc) is 3.04. The van der Waals surface area contributed by atoms with Gasteiger partial charge in [-0.1, -0.05) is 17.7 Å². The van der Waals surface area contributed by atoms with Gasteiger partial charge in [-0.2, -0.15) is 0 Å². The standard InChI is InChI=1S/C17H24ClN5OS/c1-4-19-17(21-11-13(24)14-8-9-15(18)25-14)20-10-12-6-5-7-16(22-12)23(2)3/h5-9,13,24H,4,10-11H2,1-3H3,(H2,19,20,21). The van der Waals surface area contributed by atoms with E-state index in [-0.39, 0.29) is 0 Å². The summed E-state index contributed by atoms with van der Waals surface area (Å²) in [7, 11) is 3.92. The van der Waals surface area contributed by atoms with Crippen LogP contribution in [-0.2, 0) is 6.54 Å². The van der Waals surface area contributed by atoms with Gasteiger partial charge in [0.2, 0.25) is 0 Å². The predicted octanol–water partition coefficient (Wildman–Crippen LogP) is 2.65. The number of aliphatic hydroxyl groups is 1. The molecule has 25 heavy (non-hydrogen) atoms. The van der Waals surface area contributed by atoms with E-state index < -0.39 is 6.10 Å². The fraction of sp³-hybridized carbons (Fsp3) is 0.412. The van der Waals surface area contributed by atoms with Gasteiger partial charge in [0.15, 0.2) is 5.96 Å². The molecule has 2 aromatic rings. The van der Waals surface area contributed by atoms with E-state index in [2.05, 4.69) is 20.6 Å². The summed E-state index contributed by atoms with van der Waals surface area (Å²) in [6.45, 7) is 3.54. The van der Waals surface area contributed by atoms with Crippen LogP contribution in [0.2, 0.25) is 4.34 Å². The quantitative estimate of drug-likeness (QED) is 0.508. The zero-order valence-electron chi connectivity index (χ0n) is 14.7. The Morgan fingerprint density at radius 3 is 2.76 bits per heavy atom. The number of rotatable bonds is 7. The number of aromatic nitrogens is 1. The SMILES string of the molecule is CCNC(=NCc1cccc(N(C)C)n1)NCC(O)c1ccc(Cl)s1. The second-order valence-electron chi connectivity index (χ2n) is 5.62. The molecule has 0 saturated heterocycles. The van der Waals surface area contributed by atoms with E-state index in [1.54, 1.807) is 6.07 Å².